The molecule has 0 unspecified atom stereocenters. The van der Waals surface area contributed by atoms with Gasteiger partial charge < -0.3 is 9.80 Å². The van der Waals surface area contributed by atoms with Crippen LogP contribution >= 0.6 is 0 Å². The Balaban J connectivity index is 2.19. The Morgan fingerprint density at radius 1 is 0.531 bits per heavy atom. The number of benzene rings is 3. The molecule has 0 aliphatic carbocycles. The Kier molecular flexibility index (Phi) is 7.65. The molecule has 0 atom stereocenters. The minimum atomic E-state index is -0.356. The fraction of sp³-hybridized carbons (Fsp3) is 0.154. The van der Waals surface area contributed by atoms with Crippen LogP contribution in [0.15, 0.2) is 106 Å². The van der Waals surface area contributed by atoms with Gasteiger partial charge in [-0.2, -0.15) is 9.98 Å². The number of rotatable bonds is 3. The van der Waals surface area contributed by atoms with Gasteiger partial charge in [0.15, 0.2) is 11.7 Å². The average Bonchev–Trinajstić information content (AvgIpc) is 2.82. The summed E-state index contributed by atoms with van der Waals surface area (Å²) in [6, 6.07) is 28.1. The fourth-order valence-corrected chi connectivity index (χ4v) is 3.02. The summed E-state index contributed by atoms with van der Waals surface area (Å²) in [4.78, 5) is 30.7. The zero-order chi connectivity index (χ0) is 22.9. The Hall–Kier alpha value is -4.06. The molecule has 0 aliphatic rings. The zero-order valence-corrected chi connectivity index (χ0v) is 18.8. The number of amidine groups is 2. The molecule has 0 fully saturated rings. The van der Waals surface area contributed by atoms with Crippen molar-refractivity contribution in [2.24, 2.45) is 15.0 Å². The Bertz CT molecular complexity index is 1110. The SMILES string of the molecule is CN(C)C(=NC(=NC(=NC(=O)c1ccccc1)c1ccccc1)c1ccccc1)N(C)C. The third-order valence-corrected chi connectivity index (χ3v) is 4.51. The first kappa shape index (κ1) is 22.6. The molecular formula is C26H27N5O. The highest BCUT2D eigenvalue weighted by Crippen LogP contribution is 2.11. The van der Waals surface area contributed by atoms with E-state index in [2.05, 4.69) is 4.99 Å². The predicted octanol–water partition coefficient (Wildman–Crippen LogP) is 4.20. The normalized spacial score (nSPS) is 11.6. The summed E-state index contributed by atoms with van der Waals surface area (Å²) in [5.41, 5.74) is 2.06. The summed E-state index contributed by atoms with van der Waals surface area (Å²) >= 11 is 0. The molecule has 6 heteroatoms. The summed E-state index contributed by atoms with van der Waals surface area (Å²) in [5.74, 6) is 1.13. The Morgan fingerprint density at radius 3 is 1.31 bits per heavy atom. The second-order valence-corrected chi connectivity index (χ2v) is 7.47. The zero-order valence-electron chi connectivity index (χ0n) is 18.8. The highest BCUT2D eigenvalue weighted by molar-refractivity contribution is 6.17. The molecule has 162 valence electrons. The molecule has 0 spiro atoms. The van der Waals surface area contributed by atoms with Gasteiger partial charge in [-0.25, -0.2) is 4.99 Å². The van der Waals surface area contributed by atoms with Gasteiger partial charge in [0, 0.05) is 44.9 Å². The number of nitrogens with zero attached hydrogens (tertiary/aromatic N) is 5. The van der Waals surface area contributed by atoms with E-state index >= 15 is 0 Å². The number of carbonyl (C=O) groups excluding carboxylic acids is 1. The van der Waals surface area contributed by atoms with E-state index in [4.69, 9.17) is 9.98 Å². The summed E-state index contributed by atoms with van der Waals surface area (Å²) in [6.07, 6.45) is 0. The van der Waals surface area contributed by atoms with Crippen molar-refractivity contribution in [1.82, 2.24) is 9.80 Å². The van der Waals surface area contributed by atoms with Crippen LogP contribution in [-0.4, -0.2) is 61.5 Å². The molecule has 0 aromatic heterocycles. The van der Waals surface area contributed by atoms with Gasteiger partial charge in [-0.05, 0) is 12.1 Å². The maximum Gasteiger partial charge on any atom is 0.279 e. The van der Waals surface area contributed by atoms with Crippen LogP contribution in [0.4, 0.5) is 0 Å². The highest BCUT2D eigenvalue weighted by atomic mass is 16.1. The number of aliphatic imine (C=N–C) groups is 3. The number of hydrogen-bond donors (Lipinski definition) is 0. The van der Waals surface area contributed by atoms with Crippen molar-refractivity contribution in [2.75, 3.05) is 28.2 Å². The van der Waals surface area contributed by atoms with Gasteiger partial charge in [-0.3, -0.25) is 4.79 Å². The molecule has 0 saturated heterocycles. The maximum atomic E-state index is 12.9. The van der Waals surface area contributed by atoms with Crippen LogP contribution < -0.4 is 0 Å². The molecule has 0 N–H and O–H groups in total. The maximum absolute atomic E-state index is 12.9. The van der Waals surface area contributed by atoms with Crippen LogP contribution in [0.5, 0.6) is 0 Å². The predicted molar refractivity (Wildman–Crippen MR) is 132 cm³/mol. The van der Waals surface area contributed by atoms with Crippen LogP contribution in [0, 0.1) is 0 Å². The first-order chi connectivity index (χ1) is 15.5. The second-order valence-electron chi connectivity index (χ2n) is 7.47. The smallest absolute Gasteiger partial charge is 0.279 e. The van der Waals surface area contributed by atoms with Crippen molar-refractivity contribution < 1.29 is 4.79 Å². The molecule has 3 aromatic rings. The molecule has 0 heterocycles. The molecule has 0 radical (unpaired) electrons. The van der Waals surface area contributed by atoms with E-state index < -0.39 is 0 Å². The molecule has 0 saturated carbocycles. The molecular weight excluding hydrogens is 398 g/mol. The van der Waals surface area contributed by atoms with Gasteiger partial charge in [0.1, 0.15) is 0 Å². The summed E-state index contributed by atoms with van der Waals surface area (Å²) < 4.78 is 0. The lowest BCUT2D eigenvalue weighted by atomic mass is 10.1. The van der Waals surface area contributed by atoms with Crippen molar-refractivity contribution in [3.05, 3.63) is 108 Å². The van der Waals surface area contributed by atoms with E-state index in [9.17, 15) is 4.79 Å². The third kappa shape index (κ3) is 5.98. The molecule has 0 aliphatic heterocycles. The van der Waals surface area contributed by atoms with Crippen LogP contribution in [0.3, 0.4) is 0 Å². The van der Waals surface area contributed by atoms with Gasteiger partial charge in [0.2, 0.25) is 5.96 Å². The van der Waals surface area contributed by atoms with Crippen molar-refractivity contribution in [3.63, 3.8) is 0 Å². The van der Waals surface area contributed by atoms with Crippen LogP contribution in [0.25, 0.3) is 0 Å². The van der Waals surface area contributed by atoms with Gasteiger partial charge in [-0.15, -0.1) is 0 Å². The fourth-order valence-electron chi connectivity index (χ4n) is 3.02. The number of carbonyl (C=O) groups is 1. The molecule has 6 nitrogen and oxygen atoms in total. The van der Waals surface area contributed by atoms with Crippen LogP contribution in [0.1, 0.15) is 21.5 Å². The van der Waals surface area contributed by atoms with Crippen LogP contribution in [0.2, 0.25) is 0 Å². The molecule has 3 rings (SSSR count). The molecule has 0 bridgehead atoms. The molecule has 3 aromatic carbocycles. The quantitative estimate of drug-likeness (QED) is 0.467. The van der Waals surface area contributed by atoms with Crippen molar-refractivity contribution in [3.8, 4) is 0 Å². The van der Waals surface area contributed by atoms with Gasteiger partial charge >= 0.3 is 0 Å². The molecule has 1 amide bonds. The molecule has 32 heavy (non-hydrogen) atoms. The number of guanidine groups is 1. The van der Waals surface area contributed by atoms with E-state index in [-0.39, 0.29) is 5.91 Å². The van der Waals surface area contributed by atoms with Gasteiger partial charge in [0.05, 0.1) is 0 Å². The van der Waals surface area contributed by atoms with E-state index in [1.54, 1.807) is 12.1 Å². The first-order valence-electron chi connectivity index (χ1n) is 10.3. The monoisotopic (exact) mass is 425 g/mol. The number of amides is 1. The van der Waals surface area contributed by atoms with Crippen molar-refractivity contribution in [2.45, 2.75) is 0 Å². The van der Waals surface area contributed by atoms with E-state index in [0.717, 1.165) is 17.1 Å². The standard InChI is InChI=1S/C26H27N5O/c1-30(2)26(31(3)4)29-24(21-16-10-6-11-17-21)27-23(20-14-8-5-9-15-20)28-25(32)22-18-12-7-13-19-22/h5-19H,1-4H3. The summed E-state index contributed by atoms with van der Waals surface area (Å²) in [7, 11) is 7.69. The summed E-state index contributed by atoms with van der Waals surface area (Å²) in [5, 5.41) is 0. The third-order valence-electron chi connectivity index (χ3n) is 4.51. The van der Waals surface area contributed by atoms with Crippen LogP contribution in [-0.2, 0) is 0 Å². The minimum absolute atomic E-state index is 0.305. The van der Waals surface area contributed by atoms with Crippen molar-refractivity contribution >= 4 is 23.5 Å². The first-order valence-corrected chi connectivity index (χ1v) is 10.3. The van der Waals surface area contributed by atoms with E-state index in [1.807, 2.05) is 117 Å². The lowest BCUT2D eigenvalue weighted by molar-refractivity contribution is 0.100. The second kappa shape index (κ2) is 10.8. The van der Waals surface area contributed by atoms with Crippen molar-refractivity contribution in [1.29, 1.82) is 0 Å². The van der Waals surface area contributed by atoms with E-state index in [0.29, 0.717) is 17.2 Å². The lowest BCUT2D eigenvalue weighted by Crippen LogP contribution is -2.36. The number of hydrogen-bond acceptors (Lipinski definition) is 1. The van der Waals surface area contributed by atoms with E-state index in [1.165, 1.54) is 0 Å². The highest BCUT2D eigenvalue weighted by Gasteiger charge is 2.13. The Labute approximate surface area is 189 Å². The summed E-state index contributed by atoms with van der Waals surface area (Å²) in [6.45, 7) is 0. The largest absolute Gasteiger partial charge is 0.349 e. The topological polar surface area (TPSA) is 60.6 Å². The minimum Gasteiger partial charge on any atom is -0.349 e. The average molecular weight is 426 g/mol. The Morgan fingerprint density at radius 2 is 0.906 bits per heavy atom. The lowest BCUT2D eigenvalue weighted by Gasteiger charge is -2.22. The van der Waals surface area contributed by atoms with Gasteiger partial charge in [0.25, 0.3) is 5.91 Å². The van der Waals surface area contributed by atoms with Gasteiger partial charge in [-0.1, -0.05) is 78.9 Å².